The summed E-state index contributed by atoms with van der Waals surface area (Å²) in [4.78, 5) is 26.8. The number of rotatable bonds is 1. The van der Waals surface area contributed by atoms with Gasteiger partial charge in [-0.05, 0) is 69.6 Å². The third-order valence-electron chi connectivity index (χ3n) is 6.57. The first-order chi connectivity index (χ1) is 13.3. The number of likely N-dealkylation sites (tertiary alicyclic amines) is 1. The maximum atomic E-state index is 12.8. The lowest BCUT2D eigenvalue weighted by Gasteiger charge is -2.34. The van der Waals surface area contributed by atoms with Gasteiger partial charge in [-0.1, -0.05) is 31.4 Å². The highest BCUT2D eigenvalue weighted by Gasteiger charge is 2.47. The summed E-state index contributed by atoms with van der Waals surface area (Å²) in [7, 11) is 0. The Bertz CT molecular complexity index is 767. The summed E-state index contributed by atoms with van der Waals surface area (Å²) in [5, 5.41) is 3.17. The van der Waals surface area contributed by atoms with Crippen LogP contribution in [-0.2, 0) is 14.9 Å². The fourth-order valence-corrected chi connectivity index (χ4v) is 5.07. The van der Waals surface area contributed by atoms with E-state index in [2.05, 4.69) is 23.5 Å². The Morgan fingerprint density at radius 2 is 1.82 bits per heavy atom. The van der Waals surface area contributed by atoms with E-state index in [1.165, 1.54) is 17.5 Å². The molecule has 1 saturated heterocycles. The number of hydrogen-bond acceptors (Lipinski definition) is 3. The van der Waals surface area contributed by atoms with Crippen molar-refractivity contribution in [2.24, 2.45) is 0 Å². The van der Waals surface area contributed by atoms with Crippen LogP contribution < -0.4 is 5.32 Å². The highest BCUT2D eigenvalue weighted by atomic mass is 16.6. The van der Waals surface area contributed by atoms with Crippen LogP contribution in [0.25, 0.3) is 0 Å². The lowest BCUT2D eigenvalue weighted by atomic mass is 9.70. The van der Waals surface area contributed by atoms with Crippen LogP contribution in [0.1, 0.15) is 82.8 Å². The van der Waals surface area contributed by atoms with Crippen molar-refractivity contribution in [1.82, 2.24) is 4.90 Å². The van der Waals surface area contributed by atoms with Crippen LogP contribution >= 0.6 is 0 Å². The predicted molar refractivity (Wildman–Crippen MR) is 110 cm³/mol. The fourth-order valence-electron chi connectivity index (χ4n) is 5.07. The van der Waals surface area contributed by atoms with Crippen molar-refractivity contribution in [1.29, 1.82) is 0 Å². The first-order valence-electron chi connectivity index (χ1n) is 10.7. The Hall–Kier alpha value is -2.04. The lowest BCUT2D eigenvalue weighted by molar-refractivity contribution is -0.121. The Kier molecular flexibility index (Phi) is 4.88. The van der Waals surface area contributed by atoms with Gasteiger partial charge in [-0.2, -0.15) is 0 Å². The van der Waals surface area contributed by atoms with Crippen LogP contribution in [0.15, 0.2) is 18.2 Å². The number of carbonyl (C=O) groups is 2. The van der Waals surface area contributed by atoms with E-state index in [1.54, 1.807) is 0 Å². The molecule has 1 N–H and O–H groups in total. The van der Waals surface area contributed by atoms with Gasteiger partial charge in [0.1, 0.15) is 5.60 Å². The van der Waals surface area contributed by atoms with Gasteiger partial charge in [0, 0.05) is 18.8 Å². The standard InChI is InChI=1S/C23H32N2O3/c1-22(2,3)28-21(27)25-13-9-16(10-14-25)17-7-8-18-19(15-17)24-20(26)23(18)11-5-4-6-12-23/h7-8,15-16H,4-6,9-14H2,1-3H3,(H,24,26). The van der Waals surface area contributed by atoms with Gasteiger partial charge in [0.2, 0.25) is 5.91 Å². The van der Waals surface area contributed by atoms with Gasteiger partial charge in [0.15, 0.2) is 0 Å². The maximum absolute atomic E-state index is 12.8. The van der Waals surface area contributed by atoms with Crippen molar-refractivity contribution in [2.75, 3.05) is 18.4 Å². The quantitative estimate of drug-likeness (QED) is 0.745. The summed E-state index contributed by atoms with van der Waals surface area (Å²) < 4.78 is 5.49. The zero-order chi connectivity index (χ0) is 19.9. The molecule has 0 unspecified atom stereocenters. The number of benzene rings is 1. The van der Waals surface area contributed by atoms with Gasteiger partial charge in [0.25, 0.3) is 0 Å². The van der Waals surface area contributed by atoms with Crippen LogP contribution in [0.2, 0.25) is 0 Å². The van der Waals surface area contributed by atoms with Crippen molar-refractivity contribution in [2.45, 2.75) is 82.7 Å². The molecule has 2 heterocycles. The molecule has 0 bridgehead atoms. The Morgan fingerprint density at radius 1 is 1.14 bits per heavy atom. The van der Waals surface area contributed by atoms with Gasteiger partial charge in [0.05, 0.1) is 5.41 Å². The molecule has 2 aliphatic heterocycles. The normalized spacial score (nSPS) is 22.1. The number of nitrogens with zero attached hydrogens (tertiary/aromatic N) is 1. The van der Waals surface area contributed by atoms with Crippen LogP contribution in [0.5, 0.6) is 0 Å². The number of amides is 2. The molecule has 5 heteroatoms. The van der Waals surface area contributed by atoms with E-state index in [0.29, 0.717) is 19.0 Å². The molecule has 5 nitrogen and oxygen atoms in total. The summed E-state index contributed by atoms with van der Waals surface area (Å²) >= 11 is 0. The van der Waals surface area contributed by atoms with Crippen LogP contribution in [0, 0.1) is 0 Å². The Balaban J connectivity index is 1.44. The Labute approximate surface area is 167 Å². The topological polar surface area (TPSA) is 58.6 Å². The molecule has 0 radical (unpaired) electrons. The molecule has 0 aromatic heterocycles. The summed E-state index contributed by atoms with van der Waals surface area (Å²) in [6, 6.07) is 6.59. The van der Waals surface area contributed by atoms with Crippen LogP contribution in [0.4, 0.5) is 10.5 Å². The van der Waals surface area contributed by atoms with Crippen molar-refractivity contribution >= 4 is 17.7 Å². The number of piperidine rings is 1. The van der Waals surface area contributed by atoms with E-state index in [9.17, 15) is 9.59 Å². The fraction of sp³-hybridized carbons (Fsp3) is 0.652. The first-order valence-corrected chi connectivity index (χ1v) is 10.7. The average Bonchev–Trinajstić information content (AvgIpc) is 2.92. The second-order valence-electron chi connectivity index (χ2n) is 9.64. The molecule has 1 saturated carbocycles. The molecule has 28 heavy (non-hydrogen) atoms. The predicted octanol–water partition coefficient (Wildman–Crippen LogP) is 4.96. The van der Waals surface area contributed by atoms with E-state index in [1.807, 2.05) is 25.7 Å². The highest BCUT2D eigenvalue weighted by Crippen LogP contribution is 2.48. The van der Waals surface area contributed by atoms with Crippen molar-refractivity contribution in [3.05, 3.63) is 29.3 Å². The molecule has 4 rings (SSSR count). The summed E-state index contributed by atoms with van der Waals surface area (Å²) in [6.07, 6.45) is 7.09. The SMILES string of the molecule is CC(C)(C)OC(=O)N1CCC(c2ccc3c(c2)NC(=O)C32CCCCC2)CC1. The third kappa shape index (κ3) is 3.51. The summed E-state index contributed by atoms with van der Waals surface area (Å²) in [6.45, 7) is 7.13. The van der Waals surface area contributed by atoms with Gasteiger partial charge < -0.3 is 15.0 Å². The third-order valence-corrected chi connectivity index (χ3v) is 6.57. The smallest absolute Gasteiger partial charge is 0.410 e. The van der Waals surface area contributed by atoms with E-state index < -0.39 is 5.60 Å². The number of fused-ring (bicyclic) bond motifs is 2. The Morgan fingerprint density at radius 3 is 2.46 bits per heavy atom. The van der Waals surface area contributed by atoms with Crippen molar-refractivity contribution < 1.29 is 14.3 Å². The molecular weight excluding hydrogens is 352 g/mol. The molecule has 1 aromatic carbocycles. The molecular formula is C23H32N2O3. The number of nitrogens with one attached hydrogen (secondary N) is 1. The van der Waals surface area contributed by atoms with E-state index >= 15 is 0 Å². The maximum Gasteiger partial charge on any atom is 0.410 e. The van der Waals surface area contributed by atoms with Gasteiger partial charge >= 0.3 is 6.09 Å². The van der Waals surface area contributed by atoms with Crippen molar-refractivity contribution in [3.63, 3.8) is 0 Å². The first kappa shape index (κ1) is 19.3. The monoisotopic (exact) mass is 384 g/mol. The molecule has 2 amide bonds. The summed E-state index contributed by atoms with van der Waals surface area (Å²) in [5.41, 5.74) is 2.75. The highest BCUT2D eigenvalue weighted by molar-refractivity contribution is 6.06. The number of carbonyl (C=O) groups excluding carboxylic acids is 2. The zero-order valence-electron chi connectivity index (χ0n) is 17.3. The molecule has 2 fully saturated rings. The molecule has 3 aliphatic rings. The van der Waals surface area contributed by atoms with E-state index in [0.717, 1.165) is 44.2 Å². The number of ether oxygens (including phenoxy) is 1. The van der Waals surface area contributed by atoms with Crippen LogP contribution in [0.3, 0.4) is 0 Å². The van der Waals surface area contributed by atoms with Gasteiger partial charge in [-0.15, -0.1) is 0 Å². The zero-order valence-corrected chi connectivity index (χ0v) is 17.3. The summed E-state index contributed by atoms with van der Waals surface area (Å²) in [5.74, 6) is 0.614. The van der Waals surface area contributed by atoms with E-state index in [4.69, 9.17) is 4.74 Å². The number of anilines is 1. The van der Waals surface area contributed by atoms with Gasteiger partial charge in [-0.25, -0.2) is 4.79 Å². The minimum Gasteiger partial charge on any atom is -0.444 e. The minimum atomic E-state index is -0.457. The van der Waals surface area contributed by atoms with Crippen LogP contribution in [-0.4, -0.2) is 35.6 Å². The molecule has 0 atom stereocenters. The molecule has 1 aromatic rings. The average molecular weight is 385 g/mol. The molecule has 1 spiro atoms. The molecule has 152 valence electrons. The second-order valence-corrected chi connectivity index (χ2v) is 9.64. The second kappa shape index (κ2) is 7.09. The largest absolute Gasteiger partial charge is 0.444 e. The van der Waals surface area contributed by atoms with E-state index in [-0.39, 0.29) is 17.4 Å². The minimum absolute atomic E-state index is 0.194. The molecule has 1 aliphatic carbocycles. The number of hydrogen-bond donors (Lipinski definition) is 1. The lowest BCUT2D eigenvalue weighted by Crippen LogP contribution is -2.41. The van der Waals surface area contributed by atoms with Crippen molar-refractivity contribution in [3.8, 4) is 0 Å². The van der Waals surface area contributed by atoms with Gasteiger partial charge in [-0.3, -0.25) is 4.79 Å².